The highest BCUT2D eigenvalue weighted by Gasteiger charge is 2.12. The van der Waals surface area contributed by atoms with E-state index in [1.807, 2.05) is 50.2 Å². The number of rotatable bonds is 6. The van der Waals surface area contributed by atoms with Gasteiger partial charge >= 0.3 is 6.01 Å². The Morgan fingerprint density at radius 1 is 1.18 bits per heavy atom. The van der Waals surface area contributed by atoms with Crippen LogP contribution in [-0.2, 0) is 0 Å². The number of aryl methyl sites for hydroxylation is 1. The Hall–Kier alpha value is -3.67. The zero-order valence-electron chi connectivity index (χ0n) is 16.1. The maximum Gasteiger partial charge on any atom is 0.321 e. The molecule has 0 aliphatic carbocycles. The second-order valence-corrected chi connectivity index (χ2v) is 6.44. The van der Waals surface area contributed by atoms with Gasteiger partial charge in [-0.3, -0.25) is 4.79 Å². The molecule has 144 valence electrons. The third-order valence-corrected chi connectivity index (χ3v) is 4.18. The Kier molecular flexibility index (Phi) is 5.69. The van der Waals surface area contributed by atoms with Crippen LogP contribution in [-0.4, -0.2) is 30.0 Å². The number of amides is 1. The Balaban J connectivity index is 0.00000300. The first-order valence-electron chi connectivity index (χ1n) is 8.78. The van der Waals surface area contributed by atoms with E-state index in [0.717, 1.165) is 16.8 Å². The highest BCUT2D eigenvalue weighted by Crippen LogP contribution is 2.27. The van der Waals surface area contributed by atoms with Crippen molar-refractivity contribution in [3.8, 4) is 11.8 Å². The first-order chi connectivity index (χ1) is 13.5. The molecule has 0 bridgehead atoms. The van der Waals surface area contributed by atoms with Gasteiger partial charge in [-0.1, -0.05) is 24.8 Å². The van der Waals surface area contributed by atoms with Gasteiger partial charge in [-0.15, -0.1) is 0 Å². The van der Waals surface area contributed by atoms with Crippen LogP contribution in [0.1, 0.15) is 22.9 Å². The Bertz CT molecular complexity index is 1010. The number of carbonyl (C=O) groups excluding carboxylic acids is 1. The maximum atomic E-state index is 12.7. The molecule has 6 heteroatoms. The third-order valence-electron chi connectivity index (χ3n) is 4.18. The largest absolute Gasteiger partial charge is 0.424 e. The number of nitrogens with one attached hydrogen (secondary N) is 1. The molecule has 0 fully saturated rings. The van der Waals surface area contributed by atoms with Crippen LogP contribution in [0.5, 0.6) is 11.8 Å². The van der Waals surface area contributed by atoms with Crippen LogP contribution in [0.2, 0.25) is 0 Å². The van der Waals surface area contributed by atoms with E-state index < -0.39 is 0 Å². The first kappa shape index (κ1) is 19.1. The molecule has 0 saturated carbocycles. The predicted molar refractivity (Wildman–Crippen MR) is 114 cm³/mol. The average Bonchev–Trinajstić information content (AvgIpc) is 2.70. The molecule has 3 aromatic rings. The molecule has 0 spiro atoms. The van der Waals surface area contributed by atoms with E-state index in [9.17, 15) is 4.79 Å². The summed E-state index contributed by atoms with van der Waals surface area (Å²) in [5.74, 6) is 0.379. The van der Waals surface area contributed by atoms with Gasteiger partial charge in [0, 0.05) is 50.9 Å². The average molecular weight is 376 g/mol. The smallest absolute Gasteiger partial charge is 0.321 e. The molecule has 3 rings (SSSR count). The minimum absolute atomic E-state index is 0. The van der Waals surface area contributed by atoms with Crippen LogP contribution in [0, 0.1) is 6.92 Å². The lowest BCUT2D eigenvalue weighted by Crippen LogP contribution is -2.15. The van der Waals surface area contributed by atoms with E-state index in [-0.39, 0.29) is 13.3 Å². The van der Waals surface area contributed by atoms with Crippen molar-refractivity contribution in [1.29, 1.82) is 0 Å². The van der Waals surface area contributed by atoms with E-state index in [1.165, 1.54) is 0 Å². The lowest BCUT2D eigenvalue weighted by molar-refractivity contribution is 0.102. The number of nitrogens with zero attached hydrogens (tertiary/aromatic N) is 3. The number of hydrogen-bond acceptors (Lipinski definition) is 5. The summed E-state index contributed by atoms with van der Waals surface area (Å²) in [5, 5.41) is 2.91. The molecule has 0 atom stereocenters. The number of benzene rings is 2. The van der Waals surface area contributed by atoms with E-state index in [4.69, 9.17) is 4.74 Å². The molecule has 28 heavy (non-hydrogen) atoms. The molecular formula is C22H24N4O2. The van der Waals surface area contributed by atoms with Gasteiger partial charge in [0.15, 0.2) is 0 Å². The molecule has 1 aromatic heterocycles. The zero-order valence-corrected chi connectivity index (χ0v) is 16.1. The van der Waals surface area contributed by atoms with Crippen LogP contribution in [0.4, 0.5) is 11.4 Å². The van der Waals surface area contributed by atoms with Crippen LogP contribution in [0.25, 0.3) is 6.08 Å². The summed E-state index contributed by atoms with van der Waals surface area (Å²) in [5.41, 5.74) is 3.99. The summed E-state index contributed by atoms with van der Waals surface area (Å²) in [4.78, 5) is 22.8. The van der Waals surface area contributed by atoms with Gasteiger partial charge in [-0.2, -0.15) is 0 Å². The van der Waals surface area contributed by atoms with E-state index in [0.29, 0.717) is 17.0 Å². The third kappa shape index (κ3) is 4.35. The number of anilines is 2. The Labute approximate surface area is 166 Å². The summed E-state index contributed by atoms with van der Waals surface area (Å²) < 4.78 is 5.73. The van der Waals surface area contributed by atoms with Crippen LogP contribution in [0.3, 0.4) is 0 Å². The van der Waals surface area contributed by atoms with Crippen LogP contribution < -0.4 is 15.0 Å². The van der Waals surface area contributed by atoms with Crippen molar-refractivity contribution < 1.29 is 11.0 Å². The predicted octanol–water partition coefficient (Wildman–Crippen LogP) is 4.78. The van der Waals surface area contributed by atoms with Crippen molar-refractivity contribution in [3.63, 3.8) is 0 Å². The fourth-order valence-corrected chi connectivity index (χ4v) is 2.67. The topological polar surface area (TPSA) is 67.3 Å². The van der Waals surface area contributed by atoms with Crippen molar-refractivity contribution >= 4 is 23.4 Å². The molecule has 0 aliphatic rings. The number of carbonyl (C=O) groups is 1. The van der Waals surface area contributed by atoms with Crippen molar-refractivity contribution in [1.82, 2.24) is 9.97 Å². The fraction of sp³-hybridized carbons (Fsp3) is 0.136. The SMILES string of the molecule is C=Cc1ccc(C(=O)Nc2ccc(C)c(Oc3ncccn3)c2)cc1N(C)C.[HH]. The Morgan fingerprint density at radius 2 is 1.93 bits per heavy atom. The van der Waals surface area contributed by atoms with Gasteiger partial charge in [0.2, 0.25) is 0 Å². The summed E-state index contributed by atoms with van der Waals surface area (Å²) >= 11 is 0. The second kappa shape index (κ2) is 8.35. The van der Waals surface area contributed by atoms with Crippen molar-refractivity contribution in [2.45, 2.75) is 6.92 Å². The summed E-state index contributed by atoms with van der Waals surface area (Å²) in [7, 11) is 3.86. The van der Waals surface area contributed by atoms with E-state index >= 15 is 0 Å². The molecule has 1 heterocycles. The normalized spacial score (nSPS) is 10.2. The molecule has 0 aliphatic heterocycles. The minimum Gasteiger partial charge on any atom is -0.424 e. The monoisotopic (exact) mass is 376 g/mol. The lowest BCUT2D eigenvalue weighted by Gasteiger charge is -2.17. The molecule has 0 radical (unpaired) electrons. The molecule has 1 amide bonds. The summed E-state index contributed by atoms with van der Waals surface area (Å²) in [6, 6.07) is 12.9. The van der Waals surface area contributed by atoms with E-state index in [1.54, 1.807) is 36.7 Å². The number of aromatic nitrogens is 2. The van der Waals surface area contributed by atoms with Gasteiger partial charge in [0.25, 0.3) is 5.91 Å². The zero-order chi connectivity index (χ0) is 20.1. The molecule has 0 unspecified atom stereocenters. The van der Waals surface area contributed by atoms with Crippen molar-refractivity contribution in [2.24, 2.45) is 0 Å². The Morgan fingerprint density at radius 3 is 2.61 bits per heavy atom. The van der Waals surface area contributed by atoms with Crippen LogP contribution >= 0.6 is 0 Å². The van der Waals surface area contributed by atoms with Gasteiger partial charge < -0.3 is 15.0 Å². The highest BCUT2D eigenvalue weighted by atomic mass is 16.5. The molecule has 6 nitrogen and oxygen atoms in total. The number of hydrogen-bond donors (Lipinski definition) is 1. The van der Waals surface area contributed by atoms with Gasteiger partial charge in [-0.25, -0.2) is 9.97 Å². The first-order valence-corrected chi connectivity index (χ1v) is 8.78. The fourth-order valence-electron chi connectivity index (χ4n) is 2.67. The summed E-state index contributed by atoms with van der Waals surface area (Å²) in [6.07, 6.45) is 4.99. The maximum absolute atomic E-state index is 12.7. The quantitative estimate of drug-likeness (QED) is 0.670. The van der Waals surface area contributed by atoms with Crippen molar-refractivity contribution in [2.75, 3.05) is 24.3 Å². The standard InChI is InChI=1S/C22H22N4O2.H2/c1-5-16-8-9-17(13-19(16)26(3)4)21(27)25-18-10-7-15(2)20(14-18)28-22-23-11-6-12-24-22;/h5-14H,1H2,2-4H3,(H,25,27);1H. The van der Waals surface area contributed by atoms with Gasteiger partial charge in [0.05, 0.1) is 0 Å². The molecule has 1 N–H and O–H groups in total. The minimum atomic E-state index is -0.204. The lowest BCUT2D eigenvalue weighted by atomic mass is 10.1. The van der Waals surface area contributed by atoms with Gasteiger partial charge in [0.1, 0.15) is 5.75 Å². The highest BCUT2D eigenvalue weighted by molar-refractivity contribution is 6.05. The van der Waals surface area contributed by atoms with Crippen LogP contribution in [0.15, 0.2) is 61.4 Å². The second-order valence-electron chi connectivity index (χ2n) is 6.44. The molecule has 0 saturated heterocycles. The van der Waals surface area contributed by atoms with E-state index in [2.05, 4.69) is 21.9 Å². The summed E-state index contributed by atoms with van der Waals surface area (Å²) in [6.45, 7) is 5.74. The van der Waals surface area contributed by atoms with Gasteiger partial charge in [-0.05, 0) is 42.3 Å². The molecular weight excluding hydrogens is 352 g/mol. The number of ether oxygens (including phenoxy) is 1. The molecule has 2 aromatic carbocycles. The van der Waals surface area contributed by atoms with Crippen molar-refractivity contribution in [3.05, 3.63) is 78.1 Å².